The second kappa shape index (κ2) is 23.9. The molecule has 0 aliphatic rings. The summed E-state index contributed by atoms with van der Waals surface area (Å²) in [5.74, 6) is -3.45. The molecule has 2 aromatic heterocycles. The first-order valence-electron chi connectivity index (χ1n) is 13.6. The monoisotopic (exact) mass is 664 g/mol. The van der Waals surface area contributed by atoms with Crippen molar-refractivity contribution in [2.24, 2.45) is 11.5 Å². The quantitative estimate of drug-likeness (QED) is 0.0881. The van der Waals surface area contributed by atoms with E-state index < -0.39 is 41.2 Å². The molecule has 8 N–H and O–H groups in total. The topological polar surface area (TPSA) is 297 Å². The van der Waals surface area contributed by atoms with E-state index in [4.69, 9.17) is 4.42 Å². The van der Waals surface area contributed by atoms with E-state index in [2.05, 4.69) is 37.2 Å². The fourth-order valence-corrected chi connectivity index (χ4v) is 2.76. The van der Waals surface area contributed by atoms with E-state index >= 15 is 0 Å². The van der Waals surface area contributed by atoms with E-state index in [0.29, 0.717) is 0 Å². The summed E-state index contributed by atoms with van der Waals surface area (Å²) in [6.45, 7) is 6.85. The van der Waals surface area contributed by atoms with Gasteiger partial charge in [-0.1, -0.05) is 0 Å². The van der Waals surface area contributed by atoms with Gasteiger partial charge in [0.2, 0.25) is 11.8 Å². The van der Waals surface area contributed by atoms with Gasteiger partial charge in [-0.3, -0.25) is 38.4 Å². The van der Waals surface area contributed by atoms with Crippen molar-refractivity contribution in [3.05, 3.63) is 67.8 Å². The number of nitrogens with one attached hydrogen (secondary N) is 4. The van der Waals surface area contributed by atoms with Gasteiger partial charge in [0, 0.05) is 36.9 Å². The molecule has 0 atom stereocenters. The Balaban J connectivity index is 0. The highest BCUT2D eigenvalue weighted by Gasteiger charge is 2.14. The van der Waals surface area contributed by atoms with Gasteiger partial charge in [-0.15, -0.1) is 0 Å². The predicted molar refractivity (Wildman–Crippen MR) is 166 cm³/mol. The second-order valence-corrected chi connectivity index (χ2v) is 9.13. The Hall–Kier alpha value is -5.46. The van der Waals surface area contributed by atoms with Gasteiger partial charge in [-0.25, -0.2) is 9.59 Å². The molecule has 2 aromatic rings. The molecule has 2 heterocycles. The number of hydrogen-bond acceptors (Lipinski definition) is 15. The third-order valence-electron chi connectivity index (χ3n) is 4.74. The maximum Gasteiger partial charge on any atom is 0.337 e. The first kappa shape index (κ1) is 43.7. The minimum absolute atomic E-state index is 0.0432. The van der Waals surface area contributed by atoms with Crippen molar-refractivity contribution in [2.75, 3.05) is 27.1 Å². The molecule has 0 saturated carbocycles. The largest absolute Gasteiger partial charge is 0.420 e. The van der Waals surface area contributed by atoms with Gasteiger partial charge in [0.25, 0.3) is 5.91 Å². The number of ketones is 5. The van der Waals surface area contributed by atoms with Gasteiger partial charge in [0.15, 0.2) is 28.9 Å². The molecule has 258 valence electrons. The Morgan fingerprint density at radius 2 is 1.00 bits per heavy atom. The van der Waals surface area contributed by atoms with Crippen LogP contribution in [-0.4, -0.2) is 73.7 Å². The van der Waals surface area contributed by atoms with Crippen molar-refractivity contribution in [1.82, 2.24) is 21.3 Å². The van der Waals surface area contributed by atoms with Crippen molar-refractivity contribution < 1.29 is 47.2 Å². The molecule has 0 aliphatic heterocycles. The van der Waals surface area contributed by atoms with Crippen LogP contribution in [0.1, 0.15) is 89.3 Å². The number of amides is 3. The first-order valence-corrected chi connectivity index (χ1v) is 13.6. The Bertz CT molecular complexity index is 1500. The lowest BCUT2D eigenvalue weighted by Crippen LogP contribution is -2.40. The van der Waals surface area contributed by atoms with E-state index in [1.165, 1.54) is 40.7 Å². The summed E-state index contributed by atoms with van der Waals surface area (Å²) in [7, 11) is 1.63. The molecular formula is C29H40N6O12. The standard InChI is InChI=1S/C14H18N4O6.C9H8O4.C5H8O2.CH6N2/c1-8(19)9-3-10(24-13(22)4-9)14(23)18-7-17-12(21)5-11(20)16-6-15-2;1-5(10)7-3-8(6(2)11)13-9(12)4-7;1-4(6)3-5(2)7;2-1-3/h3-4,15H,5-7H2,1-2H3,(H,16,20)(H,17,21)(H,18,23);3-4H,1-2H3;3H2,1-2H3;1-3H2. The minimum Gasteiger partial charge on any atom is -0.420 e. The molecule has 2 rings (SSSR count). The zero-order chi connectivity index (χ0) is 36.7. The normalized spacial score (nSPS) is 9.36. The molecule has 0 spiro atoms. The van der Waals surface area contributed by atoms with Crippen LogP contribution in [0, 0.1) is 0 Å². The Morgan fingerprint density at radius 3 is 1.36 bits per heavy atom. The highest BCUT2D eigenvalue weighted by atomic mass is 16.4. The van der Waals surface area contributed by atoms with Crippen LogP contribution in [0.15, 0.2) is 42.7 Å². The van der Waals surface area contributed by atoms with Crippen molar-refractivity contribution in [2.45, 2.75) is 47.5 Å². The molecule has 18 nitrogen and oxygen atoms in total. The highest BCUT2D eigenvalue weighted by molar-refractivity contribution is 5.99. The Kier molecular flexibility index (Phi) is 22.2. The van der Waals surface area contributed by atoms with Crippen LogP contribution in [0.4, 0.5) is 0 Å². The Labute approximate surface area is 269 Å². The fraction of sp³-hybridized carbons (Fsp3) is 0.379. The molecule has 0 radical (unpaired) electrons. The lowest BCUT2D eigenvalue weighted by Gasteiger charge is -2.07. The van der Waals surface area contributed by atoms with E-state index in [9.17, 15) is 47.9 Å². The fourth-order valence-electron chi connectivity index (χ4n) is 2.76. The summed E-state index contributed by atoms with van der Waals surface area (Å²) in [6.07, 6.45) is -0.313. The highest BCUT2D eigenvalue weighted by Crippen LogP contribution is 2.03. The molecule has 18 heteroatoms. The number of Topliss-reactive ketones (excluding diaryl/α,β-unsaturated/α-hetero) is 5. The van der Waals surface area contributed by atoms with Gasteiger partial charge >= 0.3 is 11.3 Å². The van der Waals surface area contributed by atoms with Gasteiger partial charge in [-0.2, -0.15) is 0 Å². The average molecular weight is 665 g/mol. The zero-order valence-corrected chi connectivity index (χ0v) is 26.9. The molecule has 0 saturated heterocycles. The van der Waals surface area contributed by atoms with Crippen LogP contribution in [0.3, 0.4) is 0 Å². The van der Waals surface area contributed by atoms with Crippen LogP contribution in [0.2, 0.25) is 0 Å². The van der Waals surface area contributed by atoms with Crippen molar-refractivity contribution in [3.63, 3.8) is 0 Å². The SMILES string of the molecule is CC(=O)CC(C)=O.CC(=O)c1cc(C(C)=O)oc(=O)c1.CNCNC(=O)CC(=O)NCNC(=O)c1cc(C(C)=O)cc(=O)o1.NCN. The lowest BCUT2D eigenvalue weighted by molar-refractivity contribution is -0.129. The van der Waals surface area contributed by atoms with Gasteiger partial charge in [0.05, 0.1) is 19.8 Å². The molecule has 47 heavy (non-hydrogen) atoms. The van der Waals surface area contributed by atoms with E-state index in [0.717, 1.165) is 18.2 Å². The zero-order valence-electron chi connectivity index (χ0n) is 26.9. The van der Waals surface area contributed by atoms with Gasteiger partial charge in [-0.05, 0) is 46.9 Å². The van der Waals surface area contributed by atoms with Crippen LogP contribution in [0.5, 0.6) is 0 Å². The van der Waals surface area contributed by atoms with Crippen LogP contribution in [-0.2, 0) is 19.2 Å². The molecule has 0 aliphatic carbocycles. The summed E-state index contributed by atoms with van der Waals surface area (Å²) in [5.41, 5.74) is 7.97. The summed E-state index contributed by atoms with van der Waals surface area (Å²) < 4.78 is 9.26. The van der Waals surface area contributed by atoms with Crippen molar-refractivity contribution in [3.8, 4) is 0 Å². The maximum absolute atomic E-state index is 11.8. The lowest BCUT2D eigenvalue weighted by atomic mass is 10.1. The third kappa shape index (κ3) is 21.8. The maximum atomic E-state index is 11.8. The number of carbonyl (C=O) groups excluding carboxylic acids is 8. The second-order valence-electron chi connectivity index (χ2n) is 9.13. The smallest absolute Gasteiger partial charge is 0.337 e. The van der Waals surface area contributed by atoms with Gasteiger partial charge in [0.1, 0.15) is 18.0 Å². The predicted octanol–water partition coefficient (Wildman–Crippen LogP) is -1.21. The first-order chi connectivity index (χ1) is 21.9. The van der Waals surface area contributed by atoms with Crippen LogP contribution >= 0.6 is 0 Å². The molecule has 0 unspecified atom stereocenters. The molecule has 0 bridgehead atoms. The van der Waals surface area contributed by atoms with E-state index in [-0.39, 0.29) is 72.2 Å². The summed E-state index contributed by atoms with van der Waals surface area (Å²) in [4.78, 5) is 110. The number of hydrogen-bond donors (Lipinski definition) is 6. The van der Waals surface area contributed by atoms with Crippen LogP contribution < -0.4 is 44.0 Å². The molecule has 0 aromatic carbocycles. The number of nitrogens with two attached hydrogens (primary N) is 2. The summed E-state index contributed by atoms with van der Waals surface area (Å²) in [6, 6.07) is 4.44. The molecular weight excluding hydrogens is 624 g/mol. The summed E-state index contributed by atoms with van der Waals surface area (Å²) >= 11 is 0. The van der Waals surface area contributed by atoms with Crippen molar-refractivity contribution >= 4 is 46.6 Å². The van der Waals surface area contributed by atoms with E-state index in [1.54, 1.807) is 7.05 Å². The Morgan fingerprint density at radius 1 is 0.596 bits per heavy atom. The summed E-state index contributed by atoms with van der Waals surface area (Å²) in [5, 5.41) is 9.70. The third-order valence-corrected chi connectivity index (χ3v) is 4.74. The van der Waals surface area contributed by atoms with Gasteiger partial charge < -0.3 is 41.6 Å². The number of carbonyl (C=O) groups is 8. The molecule has 0 fully saturated rings. The van der Waals surface area contributed by atoms with E-state index in [1.807, 2.05) is 0 Å². The average Bonchev–Trinajstić information content (AvgIpc) is 2.95. The minimum atomic E-state index is -0.835. The van der Waals surface area contributed by atoms with Crippen molar-refractivity contribution in [1.29, 1.82) is 0 Å². The molecule has 3 amide bonds. The van der Waals surface area contributed by atoms with Crippen LogP contribution in [0.25, 0.3) is 0 Å². The number of rotatable bonds is 12.